The standard InChI is InChI=1S/C14H12F6N2O3/c1-7(2)25-11(24)22-10(23)8-5-3-4-6-9(8)21-12(22,13(15,16)17)14(18,19)20/h3-7,21H,1-2H3. The highest BCUT2D eigenvalue weighted by Gasteiger charge is 2.79. The van der Waals surface area contributed by atoms with Gasteiger partial charge in [-0.3, -0.25) is 4.79 Å². The molecule has 0 aliphatic carbocycles. The van der Waals surface area contributed by atoms with E-state index >= 15 is 0 Å². The second-order valence-electron chi connectivity index (χ2n) is 5.45. The Labute approximate surface area is 137 Å². The van der Waals surface area contributed by atoms with Crippen LogP contribution >= 0.6 is 0 Å². The molecule has 11 heteroatoms. The molecular formula is C14H12F6N2O3. The molecule has 0 saturated heterocycles. The maximum absolute atomic E-state index is 13.5. The molecule has 2 amide bonds. The van der Waals surface area contributed by atoms with Crippen molar-refractivity contribution < 1.29 is 40.7 Å². The van der Waals surface area contributed by atoms with E-state index in [1.165, 1.54) is 25.2 Å². The molecule has 5 nitrogen and oxygen atoms in total. The van der Waals surface area contributed by atoms with Crippen molar-refractivity contribution >= 4 is 17.7 Å². The van der Waals surface area contributed by atoms with Crippen molar-refractivity contribution in [3.05, 3.63) is 29.8 Å². The molecule has 0 aromatic heterocycles. The number of carbonyl (C=O) groups is 2. The van der Waals surface area contributed by atoms with E-state index in [1.807, 2.05) is 0 Å². The first-order chi connectivity index (χ1) is 11.3. The summed E-state index contributed by atoms with van der Waals surface area (Å²) >= 11 is 0. The number of anilines is 1. The Hall–Kier alpha value is -2.46. The first-order valence-corrected chi connectivity index (χ1v) is 6.88. The quantitative estimate of drug-likeness (QED) is 0.762. The average molecular weight is 370 g/mol. The summed E-state index contributed by atoms with van der Waals surface area (Å²) in [6.45, 7) is 2.44. The predicted molar refractivity (Wildman–Crippen MR) is 72.7 cm³/mol. The van der Waals surface area contributed by atoms with Crippen LogP contribution in [0.25, 0.3) is 0 Å². The lowest BCUT2D eigenvalue weighted by Gasteiger charge is -2.47. The fourth-order valence-electron chi connectivity index (χ4n) is 2.33. The average Bonchev–Trinajstić information content (AvgIpc) is 2.43. The van der Waals surface area contributed by atoms with Crippen molar-refractivity contribution in [2.24, 2.45) is 0 Å². The van der Waals surface area contributed by atoms with Crippen LogP contribution in [0.15, 0.2) is 24.3 Å². The fourth-order valence-corrected chi connectivity index (χ4v) is 2.33. The Balaban J connectivity index is 2.77. The van der Waals surface area contributed by atoms with Gasteiger partial charge in [0.15, 0.2) is 0 Å². The van der Waals surface area contributed by atoms with Crippen LogP contribution in [-0.2, 0) is 4.74 Å². The van der Waals surface area contributed by atoms with Crippen molar-refractivity contribution in [3.8, 4) is 0 Å². The van der Waals surface area contributed by atoms with E-state index in [4.69, 9.17) is 0 Å². The van der Waals surface area contributed by atoms with E-state index in [0.717, 1.165) is 18.2 Å². The largest absolute Gasteiger partial charge is 0.446 e. The summed E-state index contributed by atoms with van der Waals surface area (Å²) < 4.78 is 85.6. The minimum Gasteiger partial charge on any atom is -0.446 e. The van der Waals surface area contributed by atoms with Crippen molar-refractivity contribution in [2.45, 2.75) is 38.0 Å². The van der Waals surface area contributed by atoms with Gasteiger partial charge in [-0.1, -0.05) is 12.1 Å². The maximum atomic E-state index is 13.5. The predicted octanol–water partition coefficient (Wildman–Crippen LogP) is 3.92. The lowest BCUT2D eigenvalue weighted by Crippen LogP contribution is -2.76. The zero-order valence-electron chi connectivity index (χ0n) is 12.8. The van der Waals surface area contributed by atoms with Crippen LogP contribution in [0.4, 0.5) is 36.8 Å². The first-order valence-electron chi connectivity index (χ1n) is 6.88. The zero-order valence-corrected chi connectivity index (χ0v) is 12.8. The third-order valence-electron chi connectivity index (χ3n) is 3.35. The van der Waals surface area contributed by atoms with Crippen molar-refractivity contribution in [1.29, 1.82) is 0 Å². The summed E-state index contributed by atoms with van der Waals surface area (Å²) in [6.07, 6.45) is -15.2. The molecule has 25 heavy (non-hydrogen) atoms. The van der Waals surface area contributed by atoms with Gasteiger partial charge >= 0.3 is 24.1 Å². The second-order valence-corrected chi connectivity index (χ2v) is 5.45. The van der Waals surface area contributed by atoms with Crippen molar-refractivity contribution in [2.75, 3.05) is 5.32 Å². The highest BCUT2D eigenvalue weighted by molar-refractivity contribution is 6.09. The molecular weight excluding hydrogens is 358 g/mol. The Morgan fingerprint density at radius 3 is 2.12 bits per heavy atom. The van der Waals surface area contributed by atoms with Crippen LogP contribution in [-0.4, -0.2) is 41.0 Å². The van der Waals surface area contributed by atoms with Crippen LogP contribution in [0.3, 0.4) is 0 Å². The van der Waals surface area contributed by atoms with E-state index < -0.39 is 52.3 Å². The molecule has 1 aromatic carbocycles. The second kappa shape index (κ2) is 5.81. The number of ether oxygens (including phenoxy) is 1. The Kier molecular flexibility index (Phi) is 4.39. The van der Waals surface area contributed by atoms with E-state index in [2.05, 4.69) is 4.74 Å². The smallest absolute Gasteiger partial charge is 0.440 e. The Bertz CT molecular complexity index is 685. The van der Waals surface area contributed by atoms with Gasteiger partial charge < -0.3 is 10.1 Å². The lowest BCUT2D eigenvalue weighted by molar-refractivity contribution is -0.317. The highest BCUT2D eigenvalue weighted by Crippen LogP contribution is 2.50. The summed E-state index contributed by atoms with van der Waals surface area (Å²) in [5.74, 6) is -1.77. The SMILES string of the molecule is CC(C)OC(=O)N1C(=O)c2ccccc2NC1(C(F)(F)F)C(F)(F)F. The maximum Gasteiger partial charge on any atom is 0.440 e. The van der Waals surface area contributed by atoms with E-state index in [0.29, 0.717) is 0 Å². The van der Waals surface area contributed by atoms with Gasteiger partial charge in [0.1, 0.15) is 0 Å². The highest BCUT2D eigenvalue weighted by atomic mass is 19.4. The van der Waals surface area contributed by atoms with Crippen LogP contribution < -0.4 is 5.32 Å². The molecule has 0 unspecified atom stereocenters. The van der Waals surface area contributed by atoms with E-state index in [9.17, 15) is 35.9 Å². The van der Waals surface area contributed by atoms with Gasteiger partial charge in [-0.15, -0.1) is 0 Å². The molecule has 0 radical (unpaired) electrons. The third kappa shape index (κ3) is 2.87. The Morgan fingerprint density at radius 1 is 1.12 bits per heavy atom. The van der Waals surface area contributed by atoms with Gasteiger partial charge in [0.05, 0.1) is 11.7 Å². The van der Waals surface area contributed by atoms with Gasteiger partial charge in [0, 0.05) is 5.69 Å². The normalized spacial score (nSPS) is 17.2. The molecule has 1 heterocycles. The summed E-state index contributed by atoms with van der Waals surface area (Å²) in [5.41, 5.74) is -6.17. The van der Waals surface area contributed by atoms with Crippen LogP contribution in [0.1, 0.15) is 24.2 Å². The van der Waals surface area contributed by atoms with E-state index in [-0.39, 0.29) is 0 Å². The van der Waals surface area contributed by atoms with Gasteiger partial charge in [-0.05, 0) is 26.0 Å². The van der Waals surface area contributed by atoms with Crippen molar-refractivity contribution in [3.63, 3.8) is 0 Å². The molecule has 1 aliphatic rings. The summed E-state index contributed by atoms with van der Waals surface area (Å²) in [5, 5.41) is 1.28. The first kappa shape index (κ1) is 18.9. The fraction of sp³-hybridized carbons (Fsp3) is 0.429. The summed E-state index contributed by atoms with van der Waals surface area (Å²) in [4.78, 5) is 23.4. The van der Waals surface area contributed by atoms with Crippen molar-refractivity contribution in [1.82, 2.24) is 4.90 Å². The number of alkyl halides is 6. The number of benzene rings is 1. The minimum absolute atomic E-state index is 0.521. The molecule has 0 saturated carbocycles. The monoisotopic (exact) mass is 370 g/mol. The number of imide groups is 1. The van der Waals surface area contributed by atoms with Gasteiger partial charge in [0.2, 0.25) is 0 Å². The number of nitrogens with zero attached hydrogens (tertiary/aromatic N) is 1. The number of para-hydroxylation sites is 1. The van der Waals surface area contributed by atoms with Gasteiger partial charge in [-0.25, -0.2) is 9.69 Å². The minimum atomic E-state index is -6.07. The molecule has 2 rings (SSSR count). The van der Waals surface area contributed by atoms with Gasteiger partial charge in [-0.2, -0.15) is 26.3 Å². The number of hydrogen-bond donors (Lipinski definition) is 1. The number of nitrogens with one attached hydrogen (secondary N) is 1. The molecule has 1 aromatic rings. The molecule has 0 atom stereocenters. The van der Waals surface area contributed by atoms with Crippen LogP contribution in [0, 0.1) is 0 Å². The Morgan fingerprint density at radius 2 is 1.64 bits per heavy atom. The summed E-state index contributed by atoms with van der Waals surface area (Å²) in [7, 11) is 0. The van der Waals surface area contributed by atoms with Gasteiger partial charge in [0.25, 0.3) is 5.91 Å². The number of fused-ring (bicyclic) bond motifs is 1. The third-order valence-corrected chi connectivity index (χ3v) is 3.35. The number of rotatable bonds is 1. The molecule has 138 valence electrons. The zero-order chi connectivity index (χ0) is 19.2. The molecule has 0 spiro atoms. The number of halogens is 6. The number of amides is 2. The number of hydrogen-bond acceptors (Lipinski definition) is 4. The summed E-state index contributed by atoms with van der Waals surface area (Å²) in [6, 6.07) is 4.26. The molecule has 0 bridgehead atoms. The lowest BCUT2D eigenvalue weighted by atomic mass is 9.98. The van der Waals surface area contributed by atoms with Crippen LogP contribution in [0.5, 0.6) is 0 Å². The molecule has 1 N–H and O–H groups in total. The van der Waals surface area contributed by atoms with Crippen LogP contribution in [0.2, 0.25) is 0 Å². The number of carbonyl (C=O) groups excluding carboxylic acids is 2. The molecule has 0 fully saturated rings. The molecule has 1 aliphatic heterocycles. The van der Waals surface area contributed by atoms with E-state index in [1.54, 1.807) is 0 Å². The topological polar surface area (TPSA) is 58.6 Å².